The van der Waals surface area contributed by atoms with Gasteiger partial charge in [0.15, 0.2) is 5.75 Å². The Kier molecular flexibility index (Phi) is 5.99. The first-order chi connectivity index (χ1) is 14.1. The van der Waals surface area contributed by atoms with Crippen molar-refractivity contribution in [2.24, 2.45) is 0 Å². The van der Waals surface area contributed by atoms with Crippen LogP contribution in [0.15, 0.2) is 46.9 Å². The lowest BCUT2D eigenvalue weighted by atomic mass is 9.89. The Morgan fingerprint density at radius 3 is 2.76 bits per heavy atom. The second-order valence-corrected chi connectivity index (χ2v) is 8.46. The third-order valence-electron chi connectivity index (χ3n) is 5.81. The van der Waals surface area contributed by atoms with E-state index in [9.17, 15) is 4.79 Å². The van der Waals surface area contributed by atoms with Crippen molar-refractivity contribution in [1.29, 1.82) is 0 Å². The summed E-state index contributed by atoms with van der Waals surface area (Å²) in [5.74, 6) is 1.66. The minimum absolute atomic E-state index is 0.0193. The average Bonchev–Trinajstić information content (AvgIpc) is 2.87. The largest absolute Gasteiger partial charge is 0.455 e. The van der Waals surface area contributed by atoms with E-state index in [-0.39, 0.29) is 24.3 Å². The van der Waals surface area contributed by atoms with Crippen LogP contribution in [0.4, 0.5) is 10.5 Å². The van der Waals surface area contributed by atoms with Gasteiger partial charge in [0.2, 0.25) is 0 Å². The lowest BCUT2D eigenvalue weighted by molar-refractivity contribution is 0.0875. The van der Waals surface area contributed by atoms with E-state index in [2.05, 4.69) is 32.2 Å². The maximum absolute atomic E-state index is 12.6. The van der Waals surface area contributed by atoms with Gasteiger partial charge in [-0.15, -0.1) is 0 Å². The molecule has 2 aliphatic heterocycles. The van der Waals surface area contributed by atoms with Crippen molar-refractivity contribution in [2.75, 3.05) is 11.4 Å². The number of alkyl carbamates (subject to hydrolysis) is 1. The number of para-hydroxylation sites is 2. The number of hydrogen-bond acceptors (Lipinski definition) is 4. The molecule has 0 unspecified atom stereocenters. The van der Waals surface area contributed by atoms with Crippen LogP contribution in [-0.2, 0) is 4.74 Å². The maximum Gasteiger partial charge on any atom is 0.407 e. The van der Waals surface area contributed by atoms with Gasteiger partial charge < -0.3 is 19.7 Å². The van der Waals surface area contributed by atoms with E-state index in [1.807, 2.05) is 50.2 Å². The second-order valence-electron chi connectivity index (χ2n) is 7.60. The number of benzene rings is 2. The van der Waals surface area contributed by atoms with Crippen molar-refractivity contribution in [2.45, 2.75) is 57.7 Å². The molecule has 2 aromatic rings. The highest BCUT2D eigenvalue weighted by molar-refractivity contribution is 9.10. The fraction of sp³-hybridized carbons (Fsp3) is 0.435. The number of amides is 1. The fourth-order valence-corrected chi connectivity index (χ4v) is 4.94. The number of carbonyl (C=O) groups excluding carboxylic acids is 1. The van der Waals surface area contributed by atoms with Gasteiger partial charge in [0.25, 0.3) is 0 Å². The molecule has 1 amide bonds. The predicted molar refractivity (Wildman–Crippen MR) is 118 cm³/mol. The molecule has 154 valence electrons. The molecule has 2 heterocycles. The molecule has 2 atom stereocenters. The standard InChI is InChI=1S/C23H27BrN2O3/c1-3-15(4-2)28-23(27)25-18-11-8-14-26-21(18)16-9-5-6-12-19(16)29-20-13-7-10-17(24)22(20)26/h5-7,9-10,12-13,15,18,21H,3-4,8,11,14H2,1-2H3,(H,25,27)/t18-,21+/m1/s1. The topological polar surface area (TPSA) is 50.8 Å². The number of nitrogens with zero attached hydrogens (tertiary/aromatic N) is 1. The highest BCUT2D eigenvalue weighted by Crippen LogP contribution is 2.50. The number of nitrogens with one attached hydrogen (secondary N) is 1. The minimum Gasteiger partial charge on any atom is -0.455 e. The summed E-state index contributed by atoms with van der Waals surface area (Å²) in [6, 6.07) is 14.0. The van der Waals surface area contributed by atoms with E-state index < -0.39 is 0 Å². The normalized spacial score (nSPS) is 20.1. The Balaban J connectivity index is 1.70. The fourth-order valence-electron chi connectivity index (χ4n) is 4.37. The molecule has 1 fully saturated rings. The summed E-state index contributed by atoms with van der Waals surface area (Å²) in [6.45, 7) is 4.98. The number of hydrogen-bond donors (Lipinski definition) is 1. The molecule has 29 heavy (non-hydrogen) atoms. The SMILES string of the molecule is CCC(CC)OC(=O)N[C@@H]1CCCN2c3c(Br)cccc3Oc3ccccc3[C@@H]12. The first-order valence-corrected chi connectivity index (χ1v) is 11.2. The number of fused-ring (bicyclic) bond motifs is 5. The van der Waals surface area contributed by atoms with Gasteiger partial charge in [0.1, 0.15) is 11.9 Å². The van der Waals surface area contributed by atoms with Crippen molar-refractivity contribution in [3.63, 3.8) is 0 Å². The Morgan fingerprint density at radius 1 is 1.21 bits per heavy atom. The van der Waals surface area contributed by atoms with E-state index in [1.165, 1.54) is 0 Å². The van der Waals surface area contributed by atoms with Crippen molar-refractivity contribution in [1.82, 2.24) is 5.32 Å². The van der Waals surface area contributed by atoms with E-state index in [0.717, 1.165) is 59.5 Å². The molecule has 0 saturated carbocycles. The van der Waals surface area contributed by atoms with E-state index in [1.54, 1.807) is 0 Å². The highest BCUT2D eigenvalue weighted by Gasteiger charge is 2.39. The Hall–Kier alpha value is -2.21. The van der Waals surface area contributed by atoms with Gasteiger partial charge in [-0.1, -0.05) is 38.1 Å². The summed E-state index contributed by atoms with van der Waals surface area (Å²) in [4.78, 5) is 15.0. The van der Waals surface area contributed by atoms with Crippen LogP contribution in [0, 0.1) is 0 Å². The first-order valence-electron chi connectivity index (χ1n) is 10.4. The van der Waals surface area contributed by atoms with Crippen molar-refractivity contribution >= 4 is 27.7 Å². The third-order valence-corrected chi connectivity index (χ3v) is 6.45. The zero-order chi connectivity index (χ0) is 20.4. The summed E-state index contributed by atoms with van der Waals surface area (Å²) in [5.41, 5.74) is 2.12. The second kappa shape index (κ2) is 8.66. The number of piperidine rings is 1. The molecule has 2 aromatic carbocycles. The molecule has 4 rings (SSSR count). The average molecular weight is 459 g/mol. The molecule has 0 bridgehead atoms. The summed E-state index contributed by atoms with van der Waals surface area (Å²) in [6.07, 6.45) is 3.14. The molecule has 1 N–H and O–H groups in total. The molecule has 0 aliphatic carbocycles. The van der Waals surface area contributed by atoms with Crippen molar-refractivity contribution < 1.29 is 14.3 Å². The molecule has 6 heteroatoms. The van der Waals surface area contributed by atoms with Crippen LogP contribution in [-0.4, -0.2) is 24.8 Å². The van der Waals surface area contributed by atoms with E-state index >= 15 is 0 Å². The lowest BCUT2D eigenvalue weighted by Gasteiger charge is -2.42. The Bertz CT molecular complexity index is 884. The molecule has 1 saturated heterocycles. The third kappa shape index (κ3) is 3.95. The zero-order valence-electron chi connectivity index (χ0n) is 16.9. The smallest absolute Gasteiger partial charge is 0.407 e. The molecule has 5 nitrogen and oxygen atoms in total. The Morgan fingerprint density at radius 2 is 1.97 bits per heavy atom. The molecule has 2 aliphatic rings. The maximum atomic E-state index is 12.6. The van der Waals surface area contributed by atoms with Crippen LogP contribution in [0.2, 0.25) is 0 Å². The van der Waals surface area contributed by atoms with Gasteiger partial charge in [-0.25, -0.2) is 4.79 Å². The molecular weight excluding hydrogens is 432 g/mol. The molecule has 0 spiro atoms. The highest BCUT2D eigenvalue weighted by atomic mass is 79.9. The van der Waals surface area contributed by atoms with Crippen molar-refractivity contribution in [3.8, 4) is 11.5 Å². The molecule has 0 aromatic heterocycles. The first kappa shape index (κ1) is 20.1. The van der Waals surface area contributed by atoms with Crippen LogP contribution in [0.3, 0.4) is 0 Å². The minimum atomic E-state index is -0.333. The van der Waals surface area contributed by atoms with Crippen LogP contribution in [0.5, 0.6) is 11.5 Å². The summed E-state index contributed by atoms with van der Waals surface area (Å²) in [7, 11) is 0. The quantitative estimate of drug-likeness (QED) is 0.593. The van der Waals surface area contributed by atoms with Crippen LogP contribution in [0.1, 0.15) is 51.1 Å². The van der Waals surface area contributed by atoms with Gasteiger partial charge in [-0.3, -0.25) is 0 Å². The van der Waals surface area contributed by atoms with E-state index in [4.69, 9.17) is 9.47 Å². The summed E-state index contributed by atoms with van der Waals surface area (Å²) in [5, 5.41) is 3.16. The number of anilines is 1. The van der Waals surface area contributed by atoms with Gasteiger partial charge >= 0.3 is 6.09 Å². The molecule has 0 radical (unpaired) electrons. The van der Waals surface area contributed by atoms with Crippen LogP contribution >= 0.6 is 15.9 Å². The number of halogens is 1. The lowest BCUT2D eigenvalue weighted by Crippen LogP contribution is -2.50. The van der Waals surface area contributed by atoms with Gasteiger partial charge in [0, 0.05) is 16.6 Å². The van der Waals surface area contributed by atoms with Crippen LogP contribution in [0.25, 0.3) is 0 Å². The van der Waals surface area contributed by atoms with Crippen LogP contribution < -0.4 is 15.0 Å². The van der Waals surface area contributed by atoms with Crippen molar-refractivity contribution in [3.05, 3.63) is 52.5 Å². The predicted octanol–water partition coefficient (Wildman–Crippen LogP) is 6.18. The Labute approximate surface area is 180 Å². The number of carbonyl (C=O) groups is 1. The monoisotopic (exact) mass is 458 g/mol. The summed E-state index contributed by atoms with van der Waals surface area (Å²) < 4.78 is 12.9. The van der Waals surface area contributed by atoms with Gasteiger partial charge in [-0.05, 0) is 59.8 Å². The number of rotatable bonds is 4. The van der Waals surface area contributed by atoms with E-state index in [0.29, 0.717) is 0 Å². The molecular formula is C23H27BrN2O3. The summed E-state index contributed by atoms with van der Waals surface area (Å²) >= 11 is 3.71. The zero-order valence-corrected chi connectivity index (χ0v) is 18.4. The van der Waals surface area contributed by atoms with Gasteiger partial charge in [-0.2, -0.15) is 0 Å². The van der Waals surface area contributed by atoms with Gasteiger partial charge in [0.05, 0.1) is 17.8 Å². The number of ether oxygens (including phenoxy) is 2.